The van der Waals surface area contributed by atoms with Crippen LogP contribution >= 0.6 is 0 Å². The number of ether oxygens (including phenoxy) is 1. The molecule has 0 aromatic heterocycles. The maximum Gasteiger partial charge on any atom is 0.119 e. The topological polar surface area (TPSA) is 35.2 Å². The number of aryl methyl sites for hydroxylation is 2. The fraction of sp³-hybridized carbons (Fsp3) is 0.250. The van der Waals surface area contributed by atoms with E-state index in [2.05, 4.69) is 56.3 Å². The Kier molecular flexibility index (Phi) is 6.08. The molecule has 0 spiro atoms. The fourth-order valence-corrected chi connectivity index (χ4v) is 3.33. The summed E-state index contributed by atoms with van der Waals surface area (Å²) < 4.78 is 5.87. The molecule has 26 heavy (non-hydrogen) atoms. The van der Waals surface area contributed by atoms with Crippen LogP contribution in [0.25, 0.3) is 0 Å². The van der Waals surface area contributed by atoms with E-state index in [0.29, 0.717) is 19.1 Å². The van der Waals surface area contributed by atoms with E-state index in [9.17, 15) is 0 Å². The second kappa shape index (κ2) is 8.68. The molecule has 2 N–H and O–H groups in total. The first-order valence-corrected chi connectivity index (χ1v) is 9.18. The van der Waals surface area contributed by atoms with E-state index < -0.39 is 0 Å². The summed E-state index contributed by atoms with van der Waals surface area (Å²) in [6.07, 6.45) is 0.943. The van der Waals surface area contributed by atoms with Crippen LogP contribution in [-0.4, -0.2) is 6.54 Å². The molecule has 2 heteroatoms. The molecule has 0 aliphatic carbocycles. The smallest absolute Gasteiger partial charge is 0.119 e. The van der Waals surface area contributed by atoms with Gasteiger partial charge in [-0.15, -0.1) is 0 Å². The van der Waals surface area contributed by atoms with Gasteiger partial charge in [-0.25, -0.2) is 0 Å². The lowest BCUT2D eigenvalue weighted by molar-refractivity contribution is 0.306. The number of nitrogens with two attached hydrogens (primary N) is 1. The van der Waals surface area contributed by atoms with Crippen LogP contribution in [0.3, 0.4) is 0 Å². The van der Waals surface area contributed by atoms with Crippen molar-refractivity contribution >= 4 is 0 Å². The third kappa shape index (κ3) is 4.96. The van der Waals surface area contributed by atoms with Gasteiger partial charge in [0.25, 0.3) is 0 Å². The molecule has 0 saturated heterocycles. The van der Waals surface area contributed by atoms with Crippen LogP contribution in [-0.2, 0) is 13.0 Å². The summed E-state index contributed by atoms with van der Waals surface area (Å²) in [7, 11) is 0. The summed E-state index contributed by atoms with van der Waals surface area (Å²) in [5, 5.41) is 0. The van der Waals surface area contributed by atoms with Crippen LogP contribution in [0.1, 0.15) is 33.7 Å². The highest BCUT2D eigenvalue weighted by Gasteiger charge is 2.12. The maximum absolute atomic E-state index is 6.07. The van der Waals surface area contributed by atoms with Gasteiger partial charge in [0.05, 0.1) is 0 Å². The predicted molar refractivity (Wildman–Crippen MR) is 109 cm³/mol. The summed E-state index contributed by atoms with van der Waals surface area (Å²) in [5.74, 6) is 1.23. The SMILES string of the molecule is Cc1cc(C)cc(C(CN)Cc2ccc(OCc3ccccc3)cc2)c1. The zero-order valence-corrected chi connectivity index (χ0v) is 15.6. The standard InChI is InChI=1S/C24H27NO/c1-18-12-19(2)14-22(13-18)23(16-25)15-20-8-10-24(11-9-20)26-17-21-6-4-3-5-7-21/h3-14,23H,15-17,25H2,1-2H3. The lowest BCUT2D eigenvalue weighted by Gasteiger charge is -2.17. The molecular weight excluding hydrogens is 318 g/mol. The molecule has 0 fully saturated rings. The molecule has 2 nitrogen and oxygen atoms in total. The Morgan fingerprint density at radius 3 is 2.08 bits per heavy atom. The summed E-state index contributed by atoms with van der Waals surface area (Å²) in [5.41, 5.74) is 12.4. The average Bonchev–Trinajstić information content (AvgIpc) is 2.65. The monoisotopic (exact) mass is 345 g/mol. The molecule has 0 saturated carbocycles. The first kappa shape index (κ1) is 18.2. The minimum atomic E-state index is 0.338. The highest BCUT2D eigenvalue weighted by molar-refractivity contribution is 5.34. The van der Waals surface area contributed by atoms with Gasteiger partial charge in [0.1, 0.15) is 12.4 Å². The van der Waals surface area contributed by atoms with Crippen molar-refractivity contribution in [3.8, 4) is 5.75 Å². The molecule has 3 aromatic rings. The van der Waals surface area contributed by atoms with E-state index in [1.165, 1.54) is 27.8 Å². The van der Waals surface area contributed by atoms with Gasteiger partial charge in [0.2, 0.25) is 0 Å². The highest BCUT2D eigenvalue weighted by Crippen LogP contribution is 2.24. The number of hydrogen-bond acceptors (Lipinski definition) is 2. The number of benzene rings is 3. The number of rotatable bonds is 7. The quantitative estimate of drug-likeness (QED) is 0.641. The van der Waals surface area contributed by atoms with Crippen molar-refractivity contribution < 1.29 is 4.74 Å². The Hall–Kier alpha value is -2.58. The Morgan fingerprint density at radius 1 is 0.808 bits per heavy atom. The van der Waals surface area contributed by atoms with E-state index >= 15 is 0 Å². The minimum absolute atomic E-state index is 0.338. The third-order valence-corrected chi connectivity index (χ3v) is 4.65. The fourth-order valence-electron chi connectivity index (χ4n) is 3.33. The molecule has 0 aliphatic rings. The van der Waals surface area contributed by atoms with Crippen LogP contribution < -0.4 is 10.5 Å². The van der Waals surface area contributed by atoms with E-state index in [0.717, 1.165) is 12.2 Å². The van der Waals surface area contributed by atoms with Gasteiger partial charge >= 0.3 is 0 Å². The van der Waals surface area contributed by atoms with Gasteiger partial charge in [-0.3, -0.25) is 0 Å². The van der Waals surface area contributed by atoms with Crippen LogP contribution in [0.2, 0.25) is 0 Å². The van der Waals surface area contributed by atoms with Crippen molar-refractivity contribution in [2.24, 2.45) is 5.73 Å². The zero-order chi connectivity index (χ0) is 18.4. The van der Waals surface area contributed by atoms with Gasteiger partial charge in [-0.1, -0.05) is 71.8 Å². The highest BCUT2D eigenvalue weighted by atomic mass is 16.5. The van der Waals surface area contributed by atoms with Crippen molar-refractivity contribution in [2.75, 3.05) is 6.54 Å². The Labute approximate surface area is 156 Å². The van der Waals surface area contributed by atoms with Gasteiger partial charge in [0, 0.05) is 5.92 Å². The molecule has 3 aromatic carbocycles. The maximum atomic E-state index is 6.07. The van der Waals surface area contributed by atoms with Gasteiger partial charge < -0.3 is 10.5 Å². The van der Waals surface area contributed by atoms with Crippen molar-refractivity contribution in [1.29, 1.82) is 0 Å². The zero-order valence-electron chi connectivity index (χ0n) is 15.6. The van der Waals surface area contributed by atoms with Gasteiger partial charge in [-0.05, 0) is 55.6 Å². The second-order valence-corrected chi connectivity index (χ2v) is 6.98. The summed E-state index contributed by atoms with van der Waals surface area (Å²) in [6.45, 7) is 5.52. The lowest BCUT2D eigenvalue weighted by atomic mass is 9.90. The molecule has 0 heterocycles. The molecule has 0 radical (unpaired) electrons. The molecule has 0 amide bonds. The van der Waals surface area contributed by atoms with E-state index in [1.54, 1.807) is 0 Å². The largest absolute Gasteiger partial charge is 0.489 e. The average molecular weight is 345 g/mol. The van der Waals surface area contributed by atoms with Crippen LogP contribution in [0.15, 0.2) is 72.8 Å². The second-order valence-electron chi connectivity index (χ2n) is 6.98. The molecule has 134 valence electrons. The van der Waals surface area contributed by atoms with Crippen molar-refractivity contribution in [3.05, 3.63) is 101 Å². The first-order valence-electron chi connectivity index (χ1n) is 9.18. The molecule has 0 bridgehead atoms. The van der Waals surface area contributed by atoms with E-state index in [-0.39, 0.29) is 0 Å². The van der Waals surface area contributed by atoms with Crippen molar-refractivity contribution in [1.82, 2.24) is 0 Å². The third-order valence-electron chi connectivity index (χ3n) is 4.65. The van der Waals surface area contributed by atoms with E-state index in [1.807, 2.05) is 30.3 Å². The molecular formula is C24H27NO. The minimum Gasteiger partial charge on any atom is -0.489 e. The molecule has 0 aliphatic heterocycles. The Balaban J connectivity index is 1.64. The van der Waals surface area contributed by atoms with Crippen LogP contribution in [0.5, 0.6) is 5.75 Å². The van der Waals surface area contributed by atoms with E-state index in [4.69, 9.17) is 10.5 Å². The Bertz CT molecular complexity index is 804. The summed E-state index contributed by atoms with van der Waals surface area (Å²) in [4.78, 5) is 0. The predicted octanol–water partition coefficient (Wildman–Crippen LogP) is 5.17. The van der Waals surface area contributed by atoms with Gasteiger partial charge in [0.15, 0.2) is 0 Å². The van der Waals surface area contributed by atoms with Crippen molar-refractivity contribution in [3.63, 3.8) is 0 Å². The normalized spacial score (nSPS) is 12.0. The Morgan fingerprint density at radius 2 is 1.46 bits per heavy atom. The van der Waals surface area contributed by atoms with Crippen molar-refractivity contribution in [2.45, 2.75) is 32.8 Å². The van der Waals surface area contributed by atoms with Gasteiger partial charge in [-0.2, -0.15) is 0 Å². The first-order chi connectivity index (χ1) is 12.6. The molecule has 1 atom stereocenters. The summed E-state index contributed by atoms with van der Waals surface area (Å²) >= 11 is 0. The lowest BCUT2D eigenvalue weighted by Crippen LogP contribution is -2.15. The van der Waals surface area contributed by atoms with Crippen LogP contribution in [0, 0.1) is 13.8 Å². The molecule has 1 unspecified atom stereocenters. The summed E-state index contributed by atoms with van der Waals surface area (Å²) in [6, 6.07) is 25.3. The van der Waals surface area contributed by atoms with Crippen LogP contribution in [0.4, 0.5) is 0 Å². The molecule has 3 rings (SSSR count). The number of hydrogen-bond donors (Lipinski definition) is 1.